The molecule has 0 aromatic carbocycles. The smallest absolute Gasteiger partial charge is 0.0988 e. The number of rotatable bonds is 0. The van der Waals surface area contributed by atoms with Crippen molar-refractivity contribution in [3.05, 3.63) is 35.7 Å². The highest BCUT2D eigenvalue weighted by Gasteiger charge is 2.30. The molecule has 0 saturated carbocycles. The number of nitrogens with one attached hydrogen (secondary N) is 1. The van der Waals surface area contributed by atoms with Gasteiger partial charge < -0.3 is 10.2 Å². The van der Waals surface area contributed by atoms with Crippen LogP contribution >= 0.6 is 0 Å². The Kier molecular flexibility index (Phi) is 1.86. The van der Waals surface area contributed by atoms with E-state index in [4.69, 9.17) is 0 Å². The number of piperidine rings is 1. The average molecular weight is 188 g/mol. The molecule has 1 N–H and O–H groups in total. The highest BCUT2D eigenvalue weighted by molar-refractivity contribution is 5.35. The maximum absolute atomic E-state index is 3.64. The second-order valence-electron chi connectivity index (χ2n) is 4.20. The topological polar surface area (TPSA) is 15.3 Å². The van der Waals surface area contributed by atoms with Crippen LogP contribution in [0.15, 0.2) is 35.7 Å². The fourth-order valence-corrected chi connectivity index (χ4v) is 2.59. The summed E-state index contributed by atoms with van der Waals surface area (Å²) in [5.74, 6) is 0. The van der Waals surface area contributed by atoms with E-state index in [1.807, 2.05) is 0 Å². The van der Waals surface area contributed by atoms with Gasteiger partial charge in [-0.15, -0.1) is 0 Å². The van der Waals surface area contributed by atoms with Gasteiger partial charge in [-0.2, -0.15) is 0 Å². The van der Waals surface area contributed by atoms with Crippen molar-refractivity contribution in [2.45, 2.75) is 31.8 Å². The second kappa shape index (κ2) is 3.19. The van der Waals surface area contributed by atoms with Crippen LogP contribution in [0.2, 0.25) is 0 Å². The molecule has 2 aliphatic heterocycles. The zero-order valence-corrected chi connectivity index (χ0v) is 8.37. The fraction of sp³-hybridized carbons (Fsp3) is 0.500. The van der Waals surface area contributed by atoms with Gasteiger partial charge in [-0.25, -0.2) is 0 Å². The van der Waals surface area contributed by atoms with Gasteiger partial charge >= 0.3 is 0 Å². The molecule has 1 saturated heterocycles. The Balaban J connectivity index is 1.91. The van der Waals surface area contributed by atoms with Gasteiger partial charge in [0, 0.05) is 18.7 Å². The van der Waals surface area contributed by atoms with Gasteiger partial charge in [0.1, 0.15) is 0 Å². The van der Waals surface area contributed by atoms with E-state index in [0.717, 1.165) is 6.42 Å². The van der Waals surface area contributed by atoms with E-state index in [1.165, 1.54) is 37.2 Å². The molecule has 0 radical (unpaired) electrons. The summed E-state index contributed by atoms with van der Waals surface area (Å²) in [5.41, 5.74) is 2.85. The maximum atomic E-state index is 3.64. The van der Waals surface area contributed by atoms with Crippen molar-refractivity contribution >= 4 is 0 Å². The van der Waals surface area contributed by atoms with E-state index >= 15 is 0 Å². The lowest BCUT2D eigenvalue weighted by Gasteiger charge is -2.32. The van der Waals surface area contributed by atoms with Gasteiger partial charge in [0.2, 0.25) is 0 Å². The van der Waals surface area contributed by atoms with Crippen molar-refractivity contribution in [1.29, 1.82) is 0 Å². The van der Waals surface area contributed by atoms with Crippen LogP contribution in [0.25, 0.3) is 0 Å². The van der Waals surface area contributed by atoms with E-state index < -0.39 is 0 Å². The van der Waals surface area contributed by atoms with Crippen LogP contribution in [0.5, 0.6) is 0 Å². The predicted octanol–water partition coefficient (Wildman–Crippen LogP) is 2.13. The van der Waals surface area contributed by atoms with Crippen molar-refractivity contribution < 1.29 is 0 Å². The third kappa shape index (κ3) is 1.17. The van der Waals surface area contributed by atoms with Crippen LogP contribution < -0.4 is 5.32 Å². The lowest BCUT2D eigenvalue weighted by molar-refractivity contribution is 0.204. The highest BCUT2D eigenvalue weighted by atomic mass is 15.3. The van der Waals surface area contributed by atoms with Crippen molar-refractivity contribution in [3.63, 3.8) is 0 Å². The molecule has 1 atom stereocenters. The molecule has 14 heavy (non-hydrogen) atoms. The Morgan fingerprint density at radius 2 is 2.29 bits per heavy atom. The summed E-state index contributed by atoms with van der Waals surface area (Å²) in [7, 11) is 0. The van der Waals surface area contributed by atoms with Crippen molar-refractivity contribution in [2.75, 3.05) is 6.54 Å². The van der Waals surface area contributed by atoms with Gasteiger partial charge in [0.25, 0.3) is 0 Å². The summed E-state index contributed by atoms with van der Waals surface area (Å²) in [6, 6.07) is 0. The number of fused-ring (bicyclic) bond motifs is 2. The number of allylic oxidation sites excluding steroid dienone is 4. The lowest BCUT2D eigenvalue weighted by Crippen LogP contribution is -2.40. The first-order valence-electron chi connectivity index (χ1n) is 5.55. The molecule has 0 spiro atoms. The molecule has 0 amide bonds. The molecule has 1 unspecified atom stereocenters. The molecule has 2 heterocycles. The Morgan fingerprint density at radius 3 is 3.29 bits per heavy atom. The molecule has 3 aliphatic rings. The maximum Gasteiger partial charge on any atom is 0.0988 e. The third-order valence-electron chi connectivity index (χ3n) is 3.29. The summed E-state index contributed by atoms with van der Waals surface area (Å²) >= 11 is 0. The van der Waals surface area contributed by atoms with E-state index in [0.29, 0.717) is 6.17 Å². The first-order chi connectivity index (χ1) is 6.95. The second-order valence-corrected chi connectivity index (χ2v) is 4.20. The van der Waals surface area contributed by atoms with Crippen molar-refractivity contribution in [1.82, 2.24) is 10.2 Å². The molecule has 1 aliphatic carbocycles. The molecule has 1 fully saturated rings. The molecular weight excluding hydrogens is 172 g/mol. The minimum absolute atomic E-state index is 0.588. The minimum Gasteiger partial charge on any atom is -0.367 e. The number of hydrogen-bond acceptors (Lipinski definition) is 2. The van der Waals surface area contributed by atoms with Crippen LogP contribution in [0.4, 0.5) is 0 Å². The Labute approximate surface area is 85.0 Å². The Morgan fingerprint density at radius 1 is 1.29 bits per heavy atom. The monoisotopic (exact) mass is 188 g/mol. The summed E-state index contributed by atoms with van der Waals surface area (Å²) in [4.78, 5) is 2.53. The van der Waals surface area contributed by atoms with Gasteiger partial charge in [-0.05, 0) is 25.3 Å². The highest BCUT2D eigenvalue weighted by Crippen LogP contribution is 2.30. The van der Waals surface area contributed by atoms with E-state index in [9.17, 15) is 0 Å². The SMILES string of the molecule is C1=CCC2=C(C=C1)N1CCCCC1N2. The molecule has 74 valence electrons. The fourth-order valence-electron chi connectivity index (χ4n) is 2.59. The van der Waals surface area contributed by atoms with E-state index in [-0.39, 0.29) is 0 Å². The average Bonchev–Trinajstić information content (AvgIpc) is 2.42. The van der Waals surface area contributed by atoms with Crippen molar-refractivity contribution in [3.8, 4) is 0 Å². The minimum atomic E-state index is 0.588. The summed E-state index contributed by atoms with van der Waals surface area (Å²) in [6.45, 7) is 1.22. The first kappa shape index (κ1) is 8.16. The van der Waals surface area contributed by atoms with Gasteiger partial charge in [-0.1, -0.05) is 18.2 Å². The zero-order valence-electron chi connectivity index (χ0n) is 8.37. The van der Waals surface area contributed by atoms with Crippen LogP contribution in [-0.4, -0.2) is 17.6 Å². The Hall–Kier alpha value is -1.18. The molecule has 2 heteroatoms. The molecular formula is C12H16N2. The summed E-state index contributed by atoms with van der Waals surface area (Å²) in [6.07, 6.45) is 14.4. The summed E-state index contributed by atoms with van der Waals surface area (Å²) < 4.78 is 0. The molecule has 0 bridgehead atoms. The standard InChI is InChI=1S/C12H16N2/c1-2-6-10-11(7-3-1)14-9-5-4-8-12(14)13-10/h1-3,7,12-13H,4-6,8-9H2. The van der Waals surface area contributed by atoms with Crippen LogP contribution in [0.1, 0.15) is 25.7 Å². The predicted molar refractivity (Wildman–Crippen MR) is 57.4 cm³/mol. The normalized spacial score (nSPS) is 29.7. The third-order valence-corrected chi connectivity index (χ3v) is 3.29. The quantitative estimate of drug-likeness (QED) is 0.626. The van der Waals surface area contributed by atoms with Gasteiger partial charge in [0.15, 0.2) is 0 Å². The van der Waals surface area contributed by atoms with Gasteiger partial charge in [-0.3, -0.25) is 0 Å². The Bertz CT molecular complexity index is 325. The first-order valence-corrected chi connectivity index (χ1v) is 5.55. The molecule has 0 aromatic heterocycles. The largest absolute Gasteiger partial charge is 0.367 e. The van der Waals surface area contributed by atoms with E-state index in [1.54, 1.807) is 0 Å². The number of nitrogens with zero attached hydrogens (tertiary/aromatic N) is 1. The van der Waals surface area contributed by atoms with Crippen molar-refractivity contribution in [2.24, 2.45) is 0 Å². The van der Waals surface area contributed by atoms with Crippen LogP contribution in [-0.2, 0) is 0 Å². The molecule has 0 aromatic rings. The molecule has 2 nitrogen and oxygen atoms in total. The van der Waals surface area contributed by atoms with Gasteiger partial charge in [0.05, 0.1) is 11.9 Å². The zero-order chi connectivity index (χ0) is 9.38. The number of hydrogen-bond donors (Lipinski definition) is 1. The molecule has 3 rings (SSSR count). The van der Waals surface area contributed by atoms with Crippen LogP contribution in [0.3, 0.4) is 0 Å². The lowest BCUT2D eigenvalue weighted by atomic mass is 10.1. The van der Waals surface area contributed by atoms with E-state index in [2.05, 4.69) is 34.5 Å². The van der Waals surface area contributed by atoms with Crippen LogP contribution in [0, 0.1) is 0 Å². The summed E-state index contributed by atoms with van der Waals surface area (Å²) in [5, 5.41) is 3.64.